The molecule has 2 N–H and O–H groups in total. The molecule has 2 atom stereocenters. The van der Waals surface area contributed by atoms with Crippen molar-refractivity contribution in [3.05, 3.63) is 17.0 Å². The van der Waals surface area contributed by atoms with Crippen LogP contribution in [0.15, 0.2) is 0 Å². The molecule has 5 heteroatoms. The van der Waals surface area contributed by atoms with Gasteiger partial charge in [-0.2, -0.15) is 5.10 Å². The maximum Gasteiger partial charge on any atom is 0.0678 e. The number of rotatable bonds is 5. The highest BCUT2D eigenvalue weighted by Crippen LogP contribution is 2.10. The van der Waals surface area contributed by atoms with Crippen LogP contribution >= 0.6 is 0 Å². The number of aromatic amines is 1. The zero-order valence-electron chi connectivity index (χ0n) is 12.5. The summed E-state index contributed by atoms with van der Waals surface area (Å²) in [6, 6.07) is 0. The van der Waals surface area contributed by atoms with E-state index in [-0.39, 0.29) is 0 Å². The minimum absolute atomic E-state index is 0.349. The van der Waals surface area contributed by atoms with Gasteiger partial charge in [-0.05, 0) is 27.7 Å². The largest absolute Gasteiger partial charge is 0.373 e. The first-order chi connectivity index (χ1) is 9.06. The highest BCUT2D eigenvalue weighted by atomic mass is 16.5. The number of ether oxygens (including phenoxy) is 1. The van der Waals surface area contributed by atoms with Crippen LogP contribution in [0.1, 0.15) is 30.8 Å². The van der Waals surface area contributed by atoms with Crippen molar-refractivity contribution in [2.45, 2.75) is 46.4 Å². The number of H-pyrrole nitrogens is 1. The van der Waals surface area contributed by atoms with E-state index in [2.05, 4.69) is 41.2 Å². The third kappa shape index (κ3) is 4.03. The van der Waals surface area contributed by atoms with Gasteiger partial charge in [-0.3, -0.25) is 10.00 Å². The predicted molar refractivity (Wildman–Crippen MR) is 76.2 cm³/mol. The van der Waals surface area contributed by atoms with Gasteiger partial charge in [-0.15, -0.1) is 0 Å². The van der Waals surface area contributed by atoms with Gasteiger partial charge >= 0.3 is 0 Å². The van der Waals surface area contributed by atoms with Crippen molar-refractivity contribution >= 4 is 0 Å². The molecule has 1 saturated heterocycles. The van der Waals surface area contributed by atoms with Crippen LogP contribution < -0.4 is 5.32 Å². The standard InChI is InChI=1S/C14H26N4O/c1-10-8-18(9-11(2)19-10)6-5-15-7-14-12(3)16-17-13(14)4/h10-11,15H,5-9H2,1-4H3,(H,16,17). The van der Waals surface area contributed by atoms with Crippen LogP contribution in [0.5, 0.6) is 0 Å². The van der Waals surface area contributed by atoms with Gasteiger partial charge in [0.1, 0.15) is 0 Å². The average Bonchev–Trinajstić information content (AvgIpc) is 2.64. The summed E-state index contributed by atoms with van der Waals surface area (Å²) in [6.45, 7) is 13.5. The van der Waals surface area contributed by atoms with E-state index in [1.807, 2.05) is 6.92 Å². The Bertz CT molecular complexity index is 375. The van der Waals surface area contributed by atoms with Crippen LogP contribution in [-0.2, 0) is 11.3 Å². The van der Waals surface area contributed by atoms with Crippen LogP contribution in [0.4, 0.5) is 0 Å². The molecule has 2 heterocycles. The summed E-state index contributed by atoms with van der Waals surface area (Å²) in [7, 11) is 0. The quantitative estimate of drug-likeness (QED) is 0.787. The monoisotopic (exact) mass is 266 g/mol. The van der Waals surface area contributed by atoms with Gasteiger partial charge in [-0.1, -0.05) is 0 Å². The van der Waals surface area contributed by atoms with Crippen LogP contribution in [0.2, 0.25) is 0 Å². The Morgan fingerprint density at radius 3 is 2.58 bits per heavy atom. The summed E-state index contributed by atoms with van der Waals surface area (Å²) in [6.07, 6.45) is 0.698. The topological polar surface area (TPSA) is 53.2 Å². The molecule has 1 aromatic rings. The lowest BCUT2D eigenvalue weighted by atomic mass is 10.2. The van der Waals surface area contributed by atoms with Crippen molar-refractivity contribution in [1.82, 2.24) is 20.4 Å². The SMILES string of the molecule is Cc1n[nH]c(C)c1CNCCN1CC(C)OC(C)C1. The summed E-state index contributed by atoms with van der Waals surface area (Å²) in [5, 5.41) is 10.7. The Hall–Kier alpha value is -0.910. The lowest BCUT2D eigenvalue weighted by Crippen LogP contribution is -2.47. The van der Waals surface area contributed by atoms with Gasteiger partial charge < -0.3 is 10.1 Å². The van der Waals surface area contributed by atoms with Crippen molar-refractivity contribution in [3.63, 3.8) is 0 Å². The highest BCUT2D eigenvalue weighted by Gasteiger charge is 2.21. The van der Waals surface area contributed by atoms with E-state index < -0.39 is 0 Å². The molecule has 0 radical (unpaired) electrons. The lowest BCUT2D eigenvalue weighted by molar-refractivity contribution is -0.0674. The average molecular weight is 266 g/mol. The maximum atomic E-state index is 5.74. The molecule has 0 aromatic carbocycles. The molecule has 0 amide bonds. The van der Waals surface area contributed by atoms with E-state index in [0.717, 1.165) is 38.4 Å². The predicted octanol–water partition coefficient (Wildman–Crippen LogP) is 1.23. The number of nitrogens with one attached hydrogen (secondary N) is 2. The number of morpholine rings is 1. The number of aryl methyl sites for hydroxylation is 2. The Kier molecular flexibility index (Phi) is 4.96. The number of nitrogens with zero attached hydrogens (tertiary/aromatic N) is 2. The molecule has 0 saturated carbocycles. The second-order valence-electron chi connectivity index (χ2n) is 5.61. The zero-order valence-corrected chi connectivity index (χ0v) is 12.5. The first kappa shape index (κ1) is 14.5. The van der Waals surface area contributed by atoms with Crippen LogP contribution in [0, 0.1) is 13.8 Å². The molecule has 19 heavy (non-hydrogen) atoms. The molecule has 2 rings (SSSR count). The maximum absolute atomic E-state index is 5.74. The number of aromatic nitrogens is 2. The molecular formula is C14H26N4O. The molecule has 1 aliphatic rings. The van der Waals surface area contributed by atoms with Gasteiger partial charge in [0.15, 0.2) is 0 Å². The molecule has 108 valence electrons. The van der Waals surface area contributed by atoms with E-state index in [4.69, 9.17) is 4.74 Å². The van der Waals surface area contributed by atoms with Crippen LogP contribution in [0.3, 0.4) is 0 Å². The Morgan fingerprint density at radius 2 is 2.00 bits per heavy atom. The Balaban J connectivity index is 1.69. The summed E-state index contributed by atoms with van der Waals surface area (Å²) in [4.78, 5) is 2.47. The molecule has 0 bridgehead atoms. The minimum Gasteiger partial charge on any atom is -0.373 e. The van der Waals surface area contributed by atoms with Crippen molar-refractivity contribution in [2.24, 2.45) is 0 Å². The first-order valence-electron chi connectivity index (χ1n) is 7.15. The fourth-order valence-electron chi connectivity index (χ4n) is 2.75. The second kappa shape index (κ2) is 6.50. The van der Waals surface area contributed by atoms with E-state index in [1.165, 1.54) is 11.3 Å². The fraction of sp³-hybridized carbons (Fsp3) is 0.786. The summed E-state index contributed by atoms with van der Waals surface area (Å²) in [5.74, 6) is 0. The van der Waals surface area contributed by atoms with Crippen molar-refractivity contribution in [3.8, 4) is 0 Å². The molecular weight excluding hydrogens is 240 g/mol. The molecule has 5 nitrogen and oxygen atoms in total. The van der Waals surface area contributed by atoms with Gasteiger partial charge in [0, 0.05) is 44.0 Å². The van der Waals surface area contributed by atoms with E-state index in [0.29, 0.717) is 12.2 Å². The summed E-state index contributed by atoms with van der Waals surface area (Å²) >= 11 is 0. The molecule has 0 spiro atoms. The third-order valence-electron chi connectivity index (χ3n) is 3.68. The number of hydrogen-bond acceptors (Lipinski definition) is 4. The molecule has 2 unspecified atom stereocenters. The second-order valence-corrected chi connectivity index (χ2v) is 5.61. The summed E-state index contributed by atoms with van der Waals surface area (Å²) < 4.78 is 5.74. The smallest absolute Gasteiger partial charge is 0.0678 e. The van der Waals surface area contributed by atoms with E-state index >= 15 is 0 Å². The highest BCUT2D eigenvalue weighted by molar-refractivity contribution is 5.22. The van der Waals surface area contributed by atoms with E-state index in [1.54, 1.807) is 0 Å². The summed E-state index contributed by atoms with van der Waals surface area (Å²) in [5.41, 5.74) is 3.56. The van der Waals surface area contributed by atoms with Gasteiger partial charge in [0.2, 0.25) is 0 Å². The lowest BCUT2D eigenvalue weighted by Gasteiger charge is -2.35. The fourth-order valence-corrected chi connectivity index (χ4v) is 2.75. The van der Waals surface area contributed by atoms with Crippen molar-refractivity contribution in [1.29, 1.82) is 0 Å². The van der Waals surface area contributed by atoms with Crippen molar-refractivity contribution in [2.75, 3.05) is 26.2 Å². The van der Waals surface area contributed by atoms with E-state index in [9.17, 15) is 0 Å². The van der Waals surface area contributed by atoms with Crippen molar-refractivity contribution < 1.29 is 4.74 Å². The Morgan fingerprint density at radius 1 is 1.32 bits per heavy atom. The zero-order chi connectivity index (χ0) is 13.8. The normalized spacial score (nSPS) is 24.8. The first-order valence-corrected chi connectivity index (χ1v) is 7.15. The molecule has 0 aliphatic carbocycles. The molecule has 1 aromatic heterocycles. The van der Waals surface area contributed by atoms with Crippen LogP contribution in [0.25, 0.3) is 0 Å². The van der Waals surface area contributed by atoms with Crippen LogP contribution in [-0.4, -0.2) is 53.5 Å². The molecule has 1 aliphatic heterocycles. The van der Waals surface area contributed by atoms with Gasteiger partial charge in [0.05, 0.1) is 17.9 Å². The third-order valence-corrected chi connectivity index (χ3v) is 3.68. The molecule has 1 fully saturated rings. The van der Waals surface area contributed by atoms with Gasteiger partial charge in [0.25, 0.3) is 0 Å². The van der Waals surface area contributed by atoms with Gasteiger partial charge in [-0.25, -0.2) is 0 Å². The number of hydrogen-bond donors (Lipinski definition) is 2. The minimum atomic E-state index is 0.349. The Labute approximate surface area is 115 Å².